The largest absolute Gasteiger partial charge is 0.478 e. The third kappa shape index (κ3) is 3.92. The Labute approximate surface area is 106 Å². The highest BCUT2D eigenvalue weighted by Gasteiger charge is 2.12. The summed E-state index contributed by atoms with van der Waals surface area (Å²) in [6.07, 6.45) is 1.15. The van der Waals surface area contributed by atoms with E-state index < -0.39 is 15.8 Å². The van der Waals surface area contributed by atoms with E-state index in [0.29, 0.717) is 11.4 Å². The molecule has 0 amide bonds. The maximum absolute atomic E-state index is 11.1. The molecule has 0 saturated carbocycles. The van der Waals surface area contributed by atoms with Crippen molar-refractivity contribution in [1.82, 2.24) is 0 Å². The van der Waals surface area contributed by atoms with Crippen molar-refractivity contribution >= 4 is 27.2 Å². The molecule has 0 heterocycles. The van der Waals surface area contributed by atoms with Crippen LogP contribution in [0.1, 0.15) is 10.4 Å². The van der Waals surface area contributed by atoms with Gasteiger partial charge in [0.2, 0.25) is 0 Å². The summed E-state index contributed by atoms with van der Waals surface area (Å²) in [5, 5.41) is 8.89. The van der Waals surface area contributed by atoms with Gasteiger partial charge in [0.1, 0.15) is 9.84 Å². The average molecular weight is 272 g/mol. The maximum atomic E-state index is 11.1. The van der Waals surface area contributed by atoms with Crippen LogP contribution < -0.4 is 10.6 Å². The fraction of sp³-hybridized carbons (Fsp3) is 0.364. The van der Waals surface area contributed by atoms with Crippen LogP contribution >= 0.6 is 0 Å². The lowest BCUT2D eigenvalue weighted by Crippen LogP contribution is -2.25. The third-order valence-corrected chi connectivity index (χ3v) is 3.41. The van der Waals surface area contributed by atoms with Crippen molar-refractivity contribution < 1.29 is 18.3 Å². The fourth-order valence-electron chi connectivity index (χ4n) is 1.43. The highest BCUT2D eigenvalue weighted by molar-refractivity contribution is 7.90. The summed E-state index contributed by atoms with van der Waals surface area (Å²) in [4.78, 5) is 12.5. The van der Waals surface area contributed by atoms with Crippen LogP contribution in [0.15, 0.2) is 18.2 Å². The molecule has 6 nitrogen and oxygen atoms in total. The number of anilines is 2. The minimum Gasteiger partial charge on any atom is -0.478 e. The number of benzene rings is 1. The van der Waals surface area contributed by atoms with Crippen LogP contribution in [0, 0.1) is 0 Å². The van der Waals surface area contributed by atoms with Crippen LogP contribution in [0.3, 0.4) is 0 Å². The minimum absolute atomic E-state index is 0.0137. The Morgan fingerprint density at radius 3 is 2.56 bits per heavy atom. The number of carboxylic acid groups (broad SMARTS) is 1. The van der Waals surface area contributed by atoms with Crippen molar-refractivity contribution in [1.29, 1.82) is 0 Å². The van der Waals surface area contributed by atoms with Gasteiger partial charge in [0.15, 0.2) is 0 Å². The molecule has 0 atom stereocenters. The summed E-state index contributed by atoms with van der Waals surface area (Å²) >= 11 is 0. The van der Waals surface area contributed by atoms with E-state index in [-0.39, 0.29) is 17.9 Å². The first-order chi connectivity index (χ1) is 8.20. The summed E-state index contributed by atoms with van der Waals surface area (Å²) in [5.74, 6) is -1.06. The highest BCUT2D eigenvalue weighted by atomic mass is 32.2. The Morgan fingerprint density at radius 2 is 2.06 bits per heavy atom. The molecule has 0 unspecified atom stereocenters. The molecule has 18 heavy (non-hydrogen) atoms. The van der Waals surface area contributed by atoms with E-state index in [2.05, 4.69) is 0 Å². The maximum Gasteiger partial charge on any atom is 0.335 e. The van der Waals surface area contributed by atoms with Crippen LogP contribution in [0.2, 0.25) is 0 Å². The van der Waals surface area contributed by atoms with E-state index in [9.17, 15) is 13.2 Å². The quantitative estimate of drug-likeness (QED) is 0.755. The van der Waals surface area contributed by atoms with Gasteiger partial charge in [-0.2, -0.15) is 0 Å². The first-order valence-electron chi connectivity index (χ1n) is 5.22. The predicted octanol–water partition coefficient (Wildman–Crippen LogP) is 0.448. The van der Waals surface area contributed by atoms with Crippen molar-refractivity contribution in [2.45, 2.75) is 0 Å². The standard InChI is InChI=1S/C11H16N2O4S/c1-13(5-6-18(2,16)17)10-7-8(11(14)15)3-4-9(10)12/h3-4,7H,5-6,12H2,1-2H3,(H,14,15). The van der Waals surface area contributed by atoms with Crippen molar-refractivity contribution in [2.75, 3.05) is 36.2 Å². The summed E-state index contributed by atoms with van der Waals surface area (Å²) in [6.45, 7) is 0.256. The SMILES string of the molecule is CN(CCS(C)(=O)=O)c1cc(C(=O)O)ccc1N. The first-order valence-corrected chi connectivity index (χ1v) is 7.28. The number of hydrogen-bond donors (Lipinski definition) is 2. The van der Waals surface area contributed by atoms with Gasteiger partial charge in [-0.05, 0) is 18.2 Å². The molecular weight excluding hydrogens is 256 g/mol. The van der Waals surface area contributed by atoms with Crippen LogP contribution in [0.5, 0.6) is 0 Å². The Hall–Kier alpha value is -1.76. The van der Waals surface area contributed by atoms with Crippen LogP contribution in [-0.2, 0) is 9.84 Å². The molecule has 0 aliphatic rings. The van der Waals surface area contributed by atoms with Gasteiger partial charge in [-0.3, -0.25) is 0 Å². The molecule has 0 radical (unpaired) electrons. The molecule has 0 saturated heterocycles. The van der Waals surface area contributed by atoms with Gasteiger partial charge in [-0.15, -0.1) is 0 Å². The Balaban J connectivity index is 2.94. The monoisotopic (exact) mass is 272 g/mol. The number of aromatic carboxylic acids is 1. The molecule has 0 bridgehead atoms. The zero-order valence-corrected chi connectivity index (χ0v) is 11.1. The van der Waals surface area contributed by atoms with Gasteiger partial charge in [0, 0.05) is 19.8 Å². The van der Waals surface area contributed by atoms with Crippen molar-refractivity contribution in [3.63, 3.8) is 0 Å². The summed E-state index contributed by atoms with van der Waals surface area (Å²) < 4.78 is 22.2. The number of sulfone groups is 1. The molecule has 0 aromatic heterocycles. The fourth-order valence-corrected chi connectivity index (χ4v) is 2.04. The normalized spacial score (nSPS) is 11.2. The number of carboxylic acids is 1. The van der Waals surface area contributed by atoms with Gasteiger partial charge in [-0.1, -0.05) is 0 Å². The summed E-state index contributed by atoms with van der Waals surface area (Å²) in [7, 11) is -1.40. The Morgan fingerprint density at radius 1 is 1.44 bits per heavy atom. The number of carbonyl (C=O) groups is 1. The van der Waals surface area contributed by atoms with Gasteiger partial charge in [0.25, 0.3) is 0 Å². The average Bonchev–Trinajstić information content (AvgIpc) is 2.25. The second-order valence-electron chi connectivity index (χ2n) is 4.13. The third-order valence-electron chi connectivity index (χ3n) is 2.49. The van der Waals surface area contributed by atoms with Gasteiger partial charge < -0.3 is 15.7 Å². The molecule has 7 heteroatoms. The van der Waals surface area contributed by atoms with Crippen LogP contribution in [0.4, 0.5) is 11.4 Å². The molecule has 1 aromatic carbocycles. The number of nitrogen functional groups attached to an aromatic ring is 1. The van der Waals surface area contributed by atoms with Gasteiger partial charge in [-0.25, -0.2) is 13.2 Å². The molecule has 1 aromatic rings. The number of nitrogens with zero attached hydrogens (tertiary/aromatic N) is 1. The molecule has 0 aliphatic heterocycles. The number of hydrogen-bond acceptors (Lipinski definition) is 5. The minimum atomic E-state index is -3.07. The molecule has 3 N–H and O–H groups in total. The molecule has 0 fully saturated rings. The van der Waals surface area contributed by atoms with Crippen molar-refractivity contribution in [2.24, 2.45) is 0 Å². The van der Waals surface area contributed by atoms with E-state index >= 15 is 0 Å². The number of rotatable bonds is 5. The van der Waals surface area contributed by atoms with E-state index in [4.69, 9.17) is 10.8 Å². The second-order valence-corrected chi connectivity index (χ2v) is 6.39. The van der Waals surface area contributed by atoms with Gasteiger partial charge >= 0.3 is 5.97 Å². The van der Waals surface area contributed by atoms with E-state index in [1.807, 2.05) is 0 Å². The Kier molecular flexibility index (Phi) is 4.18. The Bertz CT molecular complexity index is 554. The predicted molar refractivity (Wildman–Crippen MR) is 70.8 cm³/mol. The van der Waals surface area contributed by atoms with Crippen LogP contribution in [-0.4, -0.2) is 45.1 Å². The number of nitrogens with two attached hydrogens (primary N) is 1. The smallest absolute Gasteiger partial charge is 0.335 e. The molecule has 100 valence electrons. The lowest BCUT2D eigenvalue weighted by Gasteiger charge is -2.21. The molecule has 1 rings (SSSR count). The molecule has 0 aliphatic carbocycles. The van der Waals surface area contributed by atoms with Crippen molar-refractivity contribution in [3.05, 3.63) is 23.8 Å². The zero-order valence-electron chi connectivity index (χ0n) is 10.3. The highest BCUT2D eigenvalue weighted by Crippen LogP contribution is 2.23. The van der Waals surface area contributed by atoms with E-state index in [1.165, 1.54) is 18.2 Å². The molecular formula is C11H16N2O4S. The van der Waals surface area contributed by atoms with E-state index in [1.54, 1.807) is 11.9 Å². The molecule has 0 spiro atoms. The second kappa shape index (κ2) is 5.26. The van der Waals surface area contributed by atoms with E-state index in [0.717, 1.165) is 6.26 Å². The van der Waals surface area contributed by atoms with Crippen molar-refractivity contribution in [3.8, 4) is 0 Å². The van der Waals surface area contributed by atoms with Crippen LogP contribution in [0.25, 0.3) is 0 Å². The lowest BCUT2D eigenvalue weighted by molar-refractivity contribution is 0.0697. The summed E-state index contributed by atoms with van der Waals surface area (Å²) in [6, 6.07) is 4.33. The lowest BCUT2D eigenvalue weighted by atomic mass is 10.1. The zero-order chi connectivity index (χ0) is 13.9. The topological polar surface area (TPSA) is 101 Å². The summed E-state index contributed by atoms with van der Waals surface area (Å²) in [5.41, 5.74) is 6.79. The first kappa shape index (κ1) is 14.3. The van der Waals surface area contributed by atoms with Gasteiger partial charge in [0.05, 0.1) is 22.7 Å².